The van der Waals surface area contributed by atoms with Gasteiger partial charge >= 0.3 is 0 Å². The smallest absolute Gasteiger partial charge is 0.230 e. The van der Waals surface area contributed by atoms with E-state index in [0.29, 0.717) is 26.2 Å². The summed E-state index contributed by atoms with van der Waals surface area (Å²) in [5.41, 5.74) is 1.29. The first-order valence-electron chi connectivity index (χ1n) is 10.9. The number of para-hydroxylation sites is 2. The van der Waals surface area contributed by atoms with Crippen LogP contribution in [0.15, 0.2) is 24.3 Å². The summed E-state index contributed by atoms with van der Waals surface area (Å²) in [6.45, 7) is 7.87. The van der Waals surface area contributed by atoms with Gasteiger partial charge in [-0.3, -0.25) is 4.79 Å². The Hall–Kier alpha value is -2.81. The quantitative estimate of drug-likeness (QED) is 0.643. The van der Waals surface area contributed by atoms with Crippen LogP contribution in [0, 0.1) is 5.41 Å². The number of rotatable bonds is 3. The number of carbonyl (C=O) groups is 1. The van der Waals surface area contributed by atoms with Gasteiger partial charge in [-0.25, -0.2) is 9.67 Å². The van der Waals surface area contributed by atoms with Gasteiger partial charge in [0, 0.05) is 20.3 Å². The van der Waals surface area contributed by atoms with Crippen molar-refractivity contribution >= 4 is 16.9 Å². The van der Waals surface area contributed by atoms with Gasteiger partial charge in [-0.15, -0.1) is 5.10 Å². The molecule has 0 bridgehead atoms. The molecule has 0 aliphatic carbocycles. The third-order valence-corrected chi connectivity index (χ3v) is 6.74. The summed E-state index contributed by atoms with van der Waals surface area (Å²) in [5, 5.41) is 12.6. The molecule has 9 nitrogen and oxygen atoms in total. The molecule has 164 valence electrons. The van der Waals surface area contributed by atoms with Crippen molar-refractivity contribution in [2.24, 2.45) is 12.5 Å². The highest BCUT2D eigenvalue weighted by Gasteiger charge is 2.54. The lowest BCUT2D eigenvalue weighted by Gasteiger charge is -2.31. The maximum Gasteiger partial charge on any atom is 0.230 e. The van der Waals surface area contributed by atoms with Crippen molar-refractivity contribution < 1.29 is 9.53 Å². The topological polar surface area (TPSA) is 91.0 Å². The highest BCUT2D eigenvalue weighted by molar-refractivity contribution is 5.86. The Kier molecular flexibility index (Phi) is 4.62. The molecule has 1 amide bonds. The predicted molar refractivity (Wildman–Crippen MR) is 114 cm³/mol. The van der Waals surface area contributed by atoms with Gasteiger partial charge in [-0.2, -0.15) is 0 Å². The van der Waals surface area contributed by atoms with Gasteiger partial charge in [-0.05, 0) is 62.6 Å². The summed E-state index contributed by atoms with van der Waals surface area (Å²) < 4.78 is 9.51. The Morgan fingerprint density at radius 1 is 1.19 bits per heavy atom. The van der Waals surface area contributed by atoms with E-state index in [9.17, 15) is 4.79 Å². The zero-order chi connectivity index (χ0) is 21.8. The van der Waals surface area contributed by atoms with E-state index in [4.69, 9.17) is 9.72 Å². The molecule has 1 aromatic carbocycles. The van der Waals surface area contributed by atoms with Gasteiger partial charge in [0.2, 0.25) is 5.91 Å². The van der Waals surface area contributed by atoms with E-state index in [2.05, 4.69) is 46.9 Å². The van der Waals surface area contributed by atoms with Gasteiger partial charge in [0.1, 0.15) is 5.82 Å². The van der Waals surface area contributed by atoms with Gasteiger partial charge in [-0.1, -0.05) is 12.1 Å². The molecule has 1 unspecified atom stereocenters. The van der Waals surface area contributed by atoms with Gasteiger partial charge in [0.05, 0.1) is 34.6 Å². The number of ether oxygens (including phenoxy) is 1. The Labute approximate surface area is 181 Å². The number of imidazole rings is 1. The summed E-state index contributed by atoms with van der Waals surface area (Å²) >= 11 is 0. The van der Waals surface area contributed by atoms with Crippen molar-refractivity contribution in [1.82, 2.24) is 34.7 Å². The molecule has 2 fully saturated rings. The van der Waals surface area contributed by atoms with Crippen molar-refractivity contribution in [3.05, 3.63) is 35.9 Å². The normalized spacial score (nSPS) is 21.5. The Bertz CT molecular complexity index is 1120. The maximum absolute atomic E-state index is 13.8. The summed E-state index contributed by atoms with van der Waals surface area (Å²) in [7, 11) is 2.00. The SMILES string of the molecule is Cn1c(CN2C(=O)C3(CCOCC3)CC2c2nnnn2C(C)(C)C)nc2ccccc21. The Morgan fingerprint density at radius 2 is 1.94 bits per heavy atom. The van der Waals surface area contributed by atoms with Crippen molar-refractivity contribution in [2.75, 3.05) is 13.2 Å². The van der Waals surface area contributed by atoms with Crippen LogP contribution < -0.4 is 0 Å². The molecule has 5 rings (SSSR count). The van der Waals surface area contributed by atoms with Gasteiger partial charge in [0.25, 0.3) is 0 Å². The van der Waals surface area contributed by atoms with Crippen LogP contribution in [-0.4, -0.2) is 53.8 Å². The standard InChI is InChI=1S/C22H29N7O2/c1-21(2,3)29-19(24-25-26-29)17-13-22(9-11-31-12-10-22)20(30)28(17)14-18-23-15-7-5-6-8-16(15)27(18)4/h5-8,17H,9-14H2,1-4H3. The first-order valence-corrected chi connectivity index (χ1v) is 10.9. The zero-order valence-corrected chi connectivity index (χ0v) is 18.6. The minimum Gasteiger partial charge on any atom is -0.381 e. The lowest BCUT2D eigenvalue weighted by molar-refractivity contribution is -0.141. The number of nitrogens with zero attached hydrogens (tertiary/aromatic N) is 7. The number of aromatic nitrogens is 6. The third kappa shape index (κ3) is 3.22. The molecule has 0 N–H and O–H groups in total. The molecule has 0 radical (unpaired) electrons. The van der Waals surface area contributed by atoms with Crippen LogP contribution in [0.25, 0.3) is 11.0 Å². The number of carbonyl (C=O) groups excluding carboxylic acids is 1. The fourth-order valence-electron chi connectivity index (χ4n) is 4.98. The number of hydrogen-bond donors (Lipinski definition) is 0. The largest absolute Gasteiger partial charge is 0.381 e. The number of likely N-dealkylation sites (tertiary alicyclic amines) is 1. The average molecular weight is 424 g/mol. The lowest BCUT2D eigenvalue weighted by Crippen LogP contribution is -2.39. The van der Waals surface area contributed by atoms with Gasteiger partial charge < -0.3 is 14.2 Å². The number of fused-ring (bicyclic) bond motifs is 1. The molecule has 2 aliphatic rings. The van der Waals surface area contributed by atoms with Crippen molar-refractivity contribution in [2.45, 2.75) is 58.2 Å². The molecule has 1 atom stereocenters. The fraction of sp³-hybridized carbons (Fsp3) is 0.591. The first-order chi connectivity index (χ1) is 14.8. The van der Waals surface area contributed by atoms with Crippen LogP contribution in [0.5, 0.6) is 0 Å². The zero-order valence-electron chi connectivity index (χ0n) is 18.6. The van der Waals surface area contributed by atoms with E-state index in [1.54, 1.807) is 0 Å². The van der Waals surface area contributed by atoms with Crippen LogP contribution in [0.3, 0.4) is 0 Å². The Balaban J connectivity index is 1.57. The summed E-state index contributed by atoms with van der Waals surface area (Å²) in [5.74, 6) is 1.76. The van der Waals surface area contributed by atoms with E-state index in [1.807, 2.05) is 34.8 Å². The molecule has 2 saturated heterocycles. The van der Waals surface area contributed by atoms with Crippen molar-refractivity contribution in [1.29, 1.82) is 0 Å². The minimum atomic E-state index is -0.415. The van der Waals surface area contributed by atoms with Crippen LogP contribution in [0.1, 0.15) is 57.7 Å². The number of hydrogen-bond acceptors (Lipinski definition) is 6. The Morgan fingerprint density at radius 3 is 2.65 bits per heavy atom. The number of tetrazole rings is 1. The van der Waals surface area contributed by atoms with E-state index in [-0.39, 0.29) is 17.5 Å². The molecule has 9 heteroatoms. The maximum atomic E-state index is 13.8. The number of amides is 1. The fourth-order valence-corrected chi connectivity index (χ4v) is 4.98. The van der Waals surface area contributed by atoms with E-state index in [1.165, 1.54) is 0 Å². The molecule has 3 aromatic rings. The van der Waals surface area contributed by atoms with Gasteiger partial charge in [0.15, 0.2) is 5.82 Å². The van der Waals surface area contributed by atoms with E-state index in [0.717, 1.165) is 35.5 Å². The van der Waals surface area contributed by atoms with Crippen LogP contribution in [-0.2, 0) is 28.7 Å². The second-order valence-corrected chi connectivity index (χ2v) is 9.74. The van der Waals surface area contributed by atoms with E-state index >= 15 is 0 Å². The molecule has 2 aliphatic heterocycles. The van der Waals surface area contributed by atoms with E-state index < -0.39 is 5.41 Å². The highest BCUT2D eigenvalue weighted by Crippen LogP contribution is 2.50. The minimum absolute atomic E-state index is 0.163. The molecule has 31 heavy (non-hydrogen) atoms. The average Bonchev–Trinajstić information content (AvgIpc) is 3.42. The summed E-state index contributed by atoms with van der Waals surface area (Å²) in [4.78, 5) is 20.6. The molecule has 0 saturated carbocycles. The second kappa shape index (κ2) is 7.12. The molecule has 1 spiro atoms. The monoisotopic (exact) mass is 423 g/mol. The predicted octanol–water partition coefficient (Wildman–Crippen LogP) is 2.59. The van der Waals surface area contributed by atoms with Crippen molar-refractivity contribution in [3.8, 4) is 0 Å². The highest BCUT2D eigenvalue weighted by atomic mass is 16.5. The number of aryl methyl sites for hydroxylation is 1. The molecule has 2 aromatic heterocycles. The van der Waals surface area contributed by atoms with Crippen molar-refractivity contribution in [3.63, 3.8) is 0 Å². The molecular formula is C22H29N7O2. The third-order valence-electron chi connectivity index (χ3n) is 6.74. The van der Waals surface area contributed by atoms with Crippen LogP contribution in [0.2, 0.25) is 0 Å². The van der Waals surface area contributed by atoms with Crippen LogP contribution in [0.4, 0.5) is 0 Å². The summed E-state index contributed by atoms with van der Waals surface area (Å²) in [6, 6.07) is 7.85. The molecule has 4 heterocycles. The number of benzene rings is 1. The van der Waals surface area contributed by atoms with Crippen LogP contribution >= 0.6 is 0 Å². The lowest BCUT2D eigenvalue weighted by atomic mass is 9.77. The second-order valence-electron chi connectivity index (χ2n) is 9.74. The first kappa shape index (κ1) is 20.1. The molecular weight excluding hydrogens is 394 g/mol. The summed E-state index contributed by atoms with van der Waals surface area (Å²) in [6.07, 6.45) is 2.17.